The highest BCUT2D eigenvalue weighted by Crippen LogP contribution is 2.19. The fourth-order valence-electron chi connectivity index (χ4n) is 1.26. The van der Waals surface area contributed by atoms with Gasteiger partial charge in [0.1, 0.15) is 5.82 Å². The third-order valence-electron chi connectivity index (χ3n) is 1.99. The summed E-state index contributed by atoms with van der Waals surface area (Å²) in [5.41, 5.74) is 6.71. The van der Waals surface area contributed by atoms with Crippen LogP contribution in [0.3, 0.4) is 0 Å². The summed E-state index contributed by atoms with van der Waals surface area (Å²) in [4.78, 5) is 0. The van der Waals surface area contributed by atoms with Crippen molar-refractivity contribution >= 4 is 0 Å². The fourth-order valence-corrected chi connectivity index (χ4v) is 1.26. The summed E-state index contributed by atoms with van der Waals surface area (Å²) in [6.07, 6.45) is 0.108. The van der Waals surface area contributed by atoms with Crippen LogP contribution in [0.15, 0.2) is 18.2 Å². The number of hydrogen-bond donors (Lipinski definition) is 2. The zero-order valence-electron chi connectivity index (χ0n) is 7.57. The molecule has 0 radical (unpaired) electrons. The molecule has 1 aromatic rings. The van der Waals surface area contributed by atoms with Crippen LogP contribution < -0.4 is 5.73 Å². The highest BCUT2D eigenvalue weighted by Gasteiger charge is 2.11. The van der Waals surface area contributed by atoms with Crippen molar-refractivity contribution in [2.75, 3.05) is 0 Å². The Morgan fingerprint density at radius 1 is 1.57 bits per heavy atom. The maximum Gasteiger partial charge on any atom is 0.123 e. The van der Waals surface area contributed by atoms with Crippen molar-refractivity contribution in [3.05, 3.63) is 35.1 Å². The molecule has 74 valence electrons. The lowest BCUT2D eigenvalue weighted by Gasteiger charge is -2.12. The van der Waals surface area contributed by atoms with E-state index < -0.39 is 11.9 Å². The molecule has 0 saturated carbocycles. The van der Waals surface area contributed by atoms with Crippen molar-refractivity contribution in [3.8, 4) is 6.07 Å². The van der Waals surface area contributed by atoms with Crippen LogP contribution in [0.4, 0.5) is 4.39 Å². The molecule has 1 unspecified atom stereocenters. The molecule has 0 aliphatic rings. The average molecular weight is 194 g/mol. The van der Waals surface area contributed by atoms with Crippen molar-refractivity contribution in [1.29, 1.82) is 5.26 Å². The number of nitrogens with zero attached hydrogens (tertiary/aromatic N) is 1. The molecule has 3 N–H and O–H groups in total. The Balaban J connectivity index is 3.04. The van der Waals surface area contributed by atoms with E-state index in [1.54, 1.807) is 0 Å². The molecule has 4 heteroatoms. The van der Waals surface area contributed by atoms with E-state index >= 15 is 0 Å². The zero-order valence-corrected chi connectivity index (χ0v) is 7.57. The first-order valence-electron chi connectivity index (χ1n) is 4.20. The molecule has 0 heterocycles. The monoisotopic (exact) mass is 194 g/mol. The van der Waals surface area contributed by atoms with E-state index in [-0.39, 0.29) is 13.0 Å². The van der Waals surface area contributed by atoms with E-state index in [2.05, 4.69) is 0 Å². The van der Waals surface area contributed by atoms with E-state index in [1.807, 2.05) is 6.07 Å². The van der Waals surface area contributed by atoms with Gasteiger partial charge in [0.25, 0.3) is 0 Å². The van der Waals surface area contributed by atoms with E-state index in [1.165, 1.54) is 18.2 Å². The minimum Gasteiger partial charge on any atom is -0.392 e. The van der Waals surface area contributed by atoms with Gasteiger partial charge in [-0.3, -0.25) is 0 Å². The van der Waals surface area contributed by atoms with Crippen molar-refractivity contribution < 1.29 is 9.50 Å². The number of benzene rings is 1. The van der Waals surface area contributed by atoms with E-state index in [0.29, 0.717) is 11.1 Å². The second kappa shape index (κ2) is 4.70. The van der Waals surface area contributed by atoms with E-state index in [0.717, 1.165) is 0 Å². The van der Waals surface area contributed by atoms with Gasteiger partial charge in [0.15, 0.2) is 0 Å². The minimum atomic E-state index is -0.544. The number of nitrogens with two attached hydrogens (primary N) is 1. The molecule has 0 aliphatic carbocycles. The fraction of sp³-hybridized carbons (Fsp3) is 0.300. The average Bonchev–Trinajstić information content (AvgIpc) is 2.18. The van der Waals surface area contributed by atoms with Gasteiger partial charge < -0.3 is 10.8 Å². The third kappa shape index (κ3) is 2.28. The predicted molar refractivity (Wildman–Crippen MR) is 49.5 cm³/mol. The van der Waals surface area contributed by atoms with E-state index in [4.69, 9.17) is 16.1 Å². The highest BCUT2D eigenvalue weighted by molar-refractivity contribution is 5.30. The summed E-state index contributed by atoms with van der Waals surface area (Å²) in [6.45, 7) is -0.200. The smallest absolute Gasteiger partial charge is 0.123 e. The number of nitriles is 1. The number of hydrogen-bond acceptors (Lipinski definition) is 3. The van der Waals surface area contributed by atoms with Crippen LogP contribution in [-0.2, 0) is 6.61 Å². The molecule has 0 fully saturated rings. The van der Waals surface area contributed by atoms with Crippen LogP contribution in [0, 0.1) is 17.1 Å². The summed E-state index contributed by atoms with van der Waals surface area (Å²) in [6, 6.07) is 5.35. The van der Waals surface area contributed by atoms with Crippen LogP contribution in [0.2, 0.25) is 0 Å². The van der Waals surface area contributed by atoms with Crippen molar-refractivity contribution in [2.24, 2.45) is 5.73 Å². The molecule has 3 nitrogen and oxygen atoms in total. The van der Waals surface area contributed by atoms with Crippen LogP contribution in [-0.4, -0.2) is 5.11 Å². The summed E-state index contributed by atoms with van der Waals surface area (Å²) < 4.78 is 12.9. The second-order valence-corrected chi connectivity index (χ2v) is 2.97. The normalized spacial score (nSPS) is 12.1. The second-order valence-electron chi connectivity index (χ2n) is 2.97. The SMILES string of the molecule is N#CCC(N)c1cc(F)ccc1CO. The Hall–Kier alpha value is -1.44. The first-order chi connectivity index (χ1) is 6.69. The van der Waals surface area contributed by atoms with Gasteiger partial charge in [-0.2, -0.15) is 5.26 Å². The quantitative estimate of drug-likeness (QED) is 0.760. The molecule has 1 atom stereocenters. The van der Waals surface area contributed by atoms with Crippen LogP contribution in [0.5, 0.6) is 0 Å². The largest absolute Gasteiger partial charge is 0.392 e. The minimum absolute atomic E-state index is 0.108. The molecule has 0 amide bonds. The maximum absolute atomic E-state index is 12.9. The van der Waals surface area contributed by atoms with Crippen LogP contribution in [0.1, 0.15) is 23.6 Å². The van der Waals surface area contributed by atoms with Gasteiger partial charge in [-0.25, -0.2) is 4.39 Å². The number of aliphatic hydroxyl groups is 1. The maximum atomic E-state index is 12.9. The van der Waals surface area contributed by atoms with Gasteiger partial charge in [0, 0.05) is 6.04 Å². The Morgan fingerprint density at radius 3 is 2.86 bits per heavy atom. The molecule has 1 rings (SSSR count). The lowest BCUT2D eigenvalue weighted by Crippen LogP contribution is -2.12. The molecule has 1 aromatic carbocycles. The van der Waals surface area contributed by atoms with Gasteiger partial charge in [0.05, 0.1) is 19.1 Å². The summed E-state index contributed by atoms with van der Waals surface area (Å²) in [5.74, 6) is -0.411. The highest BCUT2D eigenvalue weighted by atomic mass is 19.1. The summed E-state index contributed by atoms with van der Waals surface area (Å²) in [5, 5.41) is 17.4. The number of halogens is 1. The molecule has 0 bridgehead atoms. The Bertz CT molecular complexity index is 360. The van der Waals surface area contributed by atoms with Gasteiger partial charge >= 0.3 is 0 Å². The molecular weight excluding hydrogens is 183 g/mol. The van der Waals surface area contributed by atoms with Crippen molar-refractivity contribution in [1.82, 2.24) is 0 Å². The van der Waals surface area contributed by atoms with Crippen LogP contribution >= 0.6 is 0 Å². The summed E-state index contributed by atoms with van der Waals surface area (Å²) >= 11 is 0. The Labute approximate surface area is 81.6 Å². The number of rotatable bonds is 3. The topological polar surface area (TPSA) is 70.0 Å². The van der Waals surface area contributed by atoms with Gasteiger partial charge in [-0.1, -0.05) is 6.07 Å². The standard InChI is InChI=1S/C10H11FN2O/c11-8-2-1-7(6-14)9(5-8)10(13)3-4-12/h1-2,5,10,14H,3,6,13H2. The molecule has 0 spiro atoms. The predicted octanol–water partition coefficient (Wildman–Crippen LogP) is 1.23. The van der Waals surface area contributed by atoms with Gasteiger partial charge in [0.2, 0.25) is 0 Å². The van der Waals surface area contributed by atoms with Gasteiger partial charge in [-0.05, 0) is 23.3 Å². The summed E-state index contributed by atoms with van der Waals surface area (Å²) in [7, 11) is 0. The Kier molecular flexibility index (Phi) is 3.57. The molecule has 0 saturated heterocycles. The van der Waals surface area contributed by atoms with Crippen molar-refractivity contribution in [2.45, 2.75) is 19.1 Å². The van der Waals surface area contributed by atoms with Crippen molar-refractivity contribution in [3.63, 3.8) is 0 Å². The van der Waals surface area contributed by atoms with E-state index in [9.17, 15) is 4.39 Å². The number of aliphatic hydroxyl groups excluding tert-OH is 1. The van der Waals surface area contributed by atoms with Gasteiger partial charge in [-0.15, -0.1) is 0 Å². The molecular formula is C10H11FN2O. The Morgan fingerprint density at radius 2 is 2.29 bits per heavy atom. The third-order valence-corrected chi connectivity index (χ3v) is 1.99. The first kappa shape index (κ1) is 10.6. The lowest BCUT2D eigenvalue weighted by atomic mass is 9.99. The molecule has 0 aromatic heterocycles. The lowest BCUT2D eigenvalue weighted by molar-refractivity contribution is 0.279. The zero-order chi connectivity index (χ0) is 10.6. The molecule has 0 aliphatic heterocycles. The molecule has 14 heavy (non-hydrogen) atoms. The first-order valence-corrected chi connectivity index (χ1v) is 4.20. The van der Waals surface area contributed by atoms with Crippen LogP contribution in [0.25, 0.3) is 0 Å².